The fraction of sp³-hybridized carbons (Fsp3) is 0.462. The second-order valence-electron chi connectivity index (χ2n) is 4.18. The van der Waals surface area contributed by atoms with Gasteiger partial charge in [0, 0.05) is 21.1 Å². The molecule has 0 fully saturated rings. The number of rotatable bonds is 7. The molecule has 0 radical (unpaired) electrons. The Labute approximate surface area is 119 Å². The van der Waals surface area contributed by atoms with E-state index in [1.54, 1.807) is 31.4 Å². The second-order valence-corrected chi connectivity index (χ2v) is 6.50. The van der Waals surface area contributed by atoms with Crippen LogP contribution >= 0.6 is 7.60 Å². The van der Waals surface area contributed by atoms with Crippen molar-refractivity contribution in [1.29, 1.82) is 0 Å². The van der Waals surface area contributed by atoms with Crippen LogP contribution in [0.2, 0.25) is 0 Å². The van der Waals surface area contributed by atoms with Crippen LogP contribution < -0.4 is 10.1 Å². The first kappa shape index (κ1) is 16.7. The fourth-order valence-electron chi connectivity index (χ4n) is 1.76. The van der Waals surface area contributed by atoms with Gasteiger partial charge in [0.25, 0.3) is 0 Å². The molecule has 20 heavy (non-hydrogen) atoms. The van der Waals surface area contributed by atoms with Crippen LogP contribution in [0.4, 0.5) is 0 Å². The van der Waals surface area contributed by atoms with Gasteiger partial charge >= 0.3 is 7.60 Å². The third-order valence-corrected chi connectivity index (χ3v) is 4.78. The van der Waals surface area contributed by atoms with Gasteiger partial charge < -0.3 is 19.1 Å². The number of carbonyl (C=O) groups is 1. The maximum atomic E-state index is 12.2. The number of carbonyl (C=O) groups excluding carboxylic acids is 1. The molecule has 1 rings (SSSR count). The molecule has 6 nitrogen and oxygen atoms in total. The standard InChI is InChI=1S/C13H20NO5P/c1-10(15)14-13(9-20(16,18-3)19-4)11-5-7-12(17-2)8-6-11/h5-8,13H,9H2,1-4H3,(H,14,15)/t13-/m1/s1. The maximum absolute atomic E-state index is 12.2. The molecule has 0 bridgehead atoms. The van der Waals surface area contributed by atoms with Crippen molar-refractivity contribution in [3.05, 3.63) is 29.8 Å². The van der Waals surface area contributed by atoms with Gasteiger partial charge in [0.15, 0.2) is 0 Å². The number of nitrogens with one attached hydrogen (secondary N) is 1. The van der Waals surface area contributed by atoms with Crippen molar-refractivity contribution < 1.29 is 23.1 Å². The Kier molecular flexibility index (Phi) is 6.20. The smallest absolute Gasteiger partial charge is 0.332 e. The van der Waals surface area contributed by atoms with Gasteiger partial charge in [0.05, 0.1) is 19.3 Å². The lowest BCUT2D eigenvalue weighted by Gasteiger charge is -2.22. The summed E-state index contributed by atoms with van der Waals surface area (Å²) >= 11 is 0. The Hall–Kier alpha value is -1.36. The number of benzene rings is 1. The fourth-order valence-corrected chi connectivity index (χ4v) is 2.96. The predicted molar refractivity (Wildman–Crippen MR) is 76.0 cm³/mol. The van der Waals surface area contributed by atoms with Crippen LogP contribution in [0.1, 0.15) is 18.5 Å². The lowest BCUT2D eigenvalue weighted by atomic mass is 10.1. The SMILES string of the molecule is COc1ccc([C@@H](CP(=O)(OC)OC)NC(C)=O)cc1. The molecule has 1 aromatic carbocycles. The highest BCUT2D eigenvalue weighted by Crippen LogP contribution is 2.49. The molecule has 0 aliphatic carbocycles. The van der Waals surface area contributed by atoms with E-state index in [1.165, 1.54) is 21.1 Å². The summed E-state index contributed by atoms with van der Waals surface area (Å²) in [5.41, 5.74) is 0.801. The van der Waals surface area contributed by atoms with Gasteiger partial charge in [-0.25, -0.2) is 0 Å². The highest BCUT2D eigenvalue weighted by Gasteiger charge is 2.28. The van der Waals surface area contributed by atoms with Gasteiger partial charge in [-0.3, -0.25) is 9.36 Å². The Morgan fingerprint density at radius 2 is 1.75 bits per heavy atom. The van der Waals surface area contributed by atoms with Crippen molar-refractivity contribution in [2.45, 2.75) is 13.0 Å². The van der Waals surface area contributed by atoms with E-state index in [0.29, 0.717) is 5.75 Å². The molecular weight excluding hydrogens is 281 g/mol. The Morgan fingerprint density at radius 3 is 2.15 bits per heavy atom. The van der Waals surface area contributed by atoms with Gasteiger partial charge in [0.2, 0.25) is 5.91 Å². The molecule has 1 amide bonds. The van der Waals surface area contributed by atoms with Crippen molar-refractivity contribution in [1.82, 2.24) is 5.32 Å². The van der Waals surface area contributed by atoms with Gasteiger partial charge in [0.1, 0.15) is 5.75 Å². The van der Waals surface area contributed by atoms with Crippen LogP contribution in [-0.4, -0.2) is 33.4 Å². The topological polar surface area (TPSA) is 73.9 Å². The predicted octanol–water partition coefficient (Wildman–Crippen LogP) is 2.36. The minimum absolute atomic E-state index is 0.0614. The lowest BCUT2D eigenvalue weighted by Crippen LogP contribution is -2.29. The number of ether oxygens (including phenoxy) is 1. The number of amides is 1. The number of methoxy groups -OCH3 is 1. The van der Waals surface area contributed by atoms with E-state index in [4.69, 9.17) is 13.8 Å². The maximum Gasteiger partial charge on any atom is 0.332 e. The third-order valence-electron chi connectivity index (χ3n) is 2.86. The minimum atomic E-state index is -3.22. The third kappa shape index (κ3) is 4.63. The molecule has 7 heteroatoms. The highest BCUT2D eigenvalue weighted by molar-refractivity contribution is 7.53. The zero-order chi connectivity index (χ0) is 15.2. The lowest BCUT2D eigenvalue weighted by molar-refractivity contribution is -0.119. The van der Waals surface area contributed by atoms with Gasteiger partial charge in [-0.15, -0.1) is 0 Å². The largest absolute Gasteiger partial charge is 0.497 e. The zero-order valence-electron chi connectivity index (χ0n) is 12.1. The van der Waals surface area contributed by atoms with E-state index >= 15 is 0 Å². The first-order valence-corrected chi connectivity index (χ1v) is 7.78. The molecule has 1 N–H and O–H groups in total. The Bertz CT molecular complexity index is 480. The molecule has 0 aliphatic rings. The molecule has 0 aromatic heterocycles. The van der Waals surface area contributed by atoms with E-state index in [0.717, 1.165) is 5.56 Å². The molecule has 0 aliphatic heterocycles. The summed E-state index contributed by atoms with van der Waals surface area (Å²) in [4.78, 5) is 11.3. The second kappa shape index (κ2) is 7.43. The monoisotopic (exact) mass is 301 g/mol. The van der Waals surface area contributed by atoms with Crippen molar-refractivity contribution in [3.8, 4) is 5.75 Å². The average Bonchev–Trinajstić information content (AvgIpc) is 2.46. The summed E-state index contributed by atoms with van der Waals surface area (Å²) in [6.07, 6.45) is 0.0614. The van der Waals surface area contributed by atoms with Crippen LogP contribution in [0.3, 0.4) is 0 Å². The van der Waals surface area contributed by atoms with Crippen LogP contribution in [0.5, 0.6) is 5.75 Å². The Balaban J connectivity index is 2.98. The van der Waals surface area contributed by atoms with Crippen molar-refractivity contribution >= 4 is 13.5 Å². The first-order chi connectivity index (χ1) is 9.44. The Morgan fingerprint density at radius 1 is 1.20 bits per heavy atom. The van der Waals surface area contributed by atoms with Crippen LogP contribution in [0.15, 0.2) is 24.3 Å². The number of hydrogen-bond donors (Lipinski definition) is 1. The molecule has 0 spiro atoms. The highest BCUT2D eigenvalue weighted by atomic mass is 31.2. The summed E-state index contributed by atoms with van der Waals surface area (Å²) in [6.45, 7) is 1.40. The molecule has 0 saturated carbocycles. The van der Waals surface area contributed by atoms with Crippen LogP contribution in [0, 0.1) is 0 Å². The van der Waals surface area contributed by atoms with E-state index in [1.807, 2.05) is 0 Å². The summed E-state index contributed by atoms with van der Waals surface area (Å²) in [5, 5.41) is 2.75. The summed E-state index contributed by atoms with van der Waals surface area (Å²) in [6, 6.07) is 6.69. The average molecular weight is 301 g/mol. The number of hydrogen-bond acceptors (Lipinski definition) is 5. The van der Waals surface area contributed by atoms with Crippen molar-refractivity contribution in [2.24, 2.45) is 0 Å². The molecule has 1 aromatic rings. The van der Waals surface area contributed by atoms with Crippen molar-refractivity contribution in [3.63, 3.8) is 0 Å². The molecule has 0 saturated heterocycles. The quantitative estimate of drug-likeness (QED) is 0.783. The van der Waals surface area contributed by atoms with Crippen LogP contribution in [-0.2, 0) is 18.4 Å². The normalized spacial score (nSPS) is 12.8. The zero-order valence-corrected chi connectivity index (χ0v) is 13.0. The molecule has 0 unspecified atom stereocenters. The van der Waals surface area contributed by atoms with E-state index in [2.05, 4.69) is 5.32 Å². The minimum Gasteiger partial charge on any atom is -0.497 e. The molecular formula is C13H20NO5P. The van der Waals surface area contributed by atoms with Crippen molar-refractivity contribution in [2.75, 3.05) is 27.5 Å². The van der Waals surface area contributed by atoms with Gasteiger partial charge in [-0.1, -0.05) is 12.1 Å². The summed E-state index contributed by atoms with van der Waals surface area (Å²) in [7, 11) is 0.995. The van der Waals surface area contributed by atoms with E-state index < -0.39 is 13.6 Å². The summed E-state index contributed by atoms with van der Waals surface area (Å²) in [5.74, 6) is 0.488. The molecule has 0 heterocycles. The van der Waals surface area contributed by atoms with Crippen LogP contribution in [0.25, 0.3) is 0 Å². The molecule has 1 atom stereocenters. The van der Waals surface area contributed by atoms with E-state index in [9.17, 15) is 9.36 Å². The van der Waals surface area contributed by atoms with Gasteiger partial charge in [-0.05, 0) is 17.7 Å². The molecule has 112 valence electrons. The summed E-state index contributed by atoms with van der Waals surface area (Å²) < 4.78 is 27.1. The first-order valence-electron chi connectivity index (χ1n) is 6.05. The van der Waals surface area contributed by atoms with Gasteiger partial charge in [-0.2, -0.15) is 0 Å². The van der Waals surface area contributed by atoms with E-state index in [-0.39, 0.29) is 12.1 Å².